The minimum Gasteiger partial charge on any atom is -0.507 e. The number of thiazole rings is 1. The monoisotopic (exact) mass is 2100 g/mol. The fourth-order valence-electron chi connectivity index (χ4n) is 17.6. The SMILES string of the molecule is Cc1cccc(-c2ccn3nc(C)c(C(=O)N[C@@H](C)c4cc5cccc(Cl)c5c(=O)n4-c4ccccc4)c3n2)c1.Cc1nc(-c2cnc(C)c(C(=O)N[C@@H](C)c3cc4cccc(Cl)c4c(=O)n3-c3ccccc3)n2)cs1.Cc1ncc2cccnc2c1C(=O)N[C@@H](C)c1cc2cccc(Cl)c2c(=O)n1-c1ccccc1.Cc1nn2cccnc2c1C(=O)N[C@@H](C)c1cc2cccc(O)c2c(=O)n1-c1ccccc1.O=S=O.O=S=O. The number of hydrogen-bond acceptors (Lipinski definition) is 23. The van der Waals surface area contributed by atoms with Crippen LogP contribution >= 0.6 is 46.1 Å². The predicted octanol–water partition coefficient (Wildman–Crippen LogP) is 19.7. The van der Waals surface area contributed by atoms with Crippen molar-refractivity contribution in [2.45, 2.75) is 93.4 Å². The average Bonchev–Trinajstić information content (AvgIpc) is 1.40. The topological polar surface area (TPSA) is 418 Å². The molecule has 0 saturated carbocycles. The number of nitrogens with one attached hydrogen (secondary N) is 4. The summed E-state index contributed by atoms with van der Waals surface area (Å²) in [6, 6.07) is 78.8. The van der Waals surface area contributed by atoms with Crippen LogP contribution in [-0.4, -0.2) is 118 Å². The van der Waals surface area contributed by atoms with E-state index in [1.165, 1.54) is 22.0 Å². The van der Waals surface area contributed by atoms with Gasteiger partial charge in [-0.3, -0.25) is 71.6 Å². The Morgan fingerprint density at radius 1 is 0.356 bits per heavy atom. The van der Waals surface area contributed by atoms with Gasteiger partial charge in [0.15, 0.2) is 11.3 Å². The van der Waals surface area contributed by atoms with Crippen molar-refractivity contribution < 1.29 is 41.1 Å². The average molecular weight is 2100 g/mol. The van der Waals surface area contributed by atoms with E-state index in [4.69, 9.17) is 56.6 Å². The maximum atomic E-state index is 13.8. The third kappa shape index (κ3) is 22.4. The van der Waals surface area contributed by atoms with Gasteiger partial charge in [-0.15, -0.1) is 11.3 Å². The second-order valence-electron chi connectivity index (χ2n) is 34.3. The first kappa shape index (κ1) is 104. The van der Waals surface area contributed by atoms with Crippen molar-refractivity contribution in [3.05, 3.63) is 444 Å². The molecule has 0 radical (unpaired) electrons. The maximum absolute atomic E-state index is 13.8. The molecule has 32 nitrogen and oxygen atoms in total. The molecular weight excluding hydrogens is 2010 g/mol. The molecule has 21 rings (SSSR count). The molecule has 149 heavy (non-hydrogen) atoms. The van der Waals surface area contributed by atoms with Gasteiger partial charge in [0, 0.05) is 92.8 Å². The van der Waals surface area contributed by atoms with Crippen molar-refractivity contribution >= 4 is 158 Å². The first-order chi connectivity index (χ1) is 71.9. The van der Waals surface area contributed by atoms with E-state index >= 15 is 0 Å². The number of halogens is 3. The van der Waals surface area contributed by atoms with E-state index in [9.17, 15) is 43.5 Å². The molecule has 4 amide bonds. The number of phenolic OH excluding ortho intramolecular Hbond substituents is 1. The van der Waals surface area contributed by atoms with E-state index in [0.29, 0.717) is 166 Å². The van der Waals surface area contributed by atoms with Crippen LogP contribution in [-0.2, 0) is 23.1 Å². The Labute approximate surface area is 875 Å². The molecule has 38 heteroatoms. The number of phenols is 1. The molecule has 0 spiro atoms. The van der Waals surface area contributed by atoms with E-state index in [1.54, 1.807) is 130 Å². The van der Waals surface area contributed by atoms with Crippen molar-refractivity contribution in [1.29, 1.82) is 0 Å². The van der Waals surface area contributed by atoms with Crippen LogP contribution < -0.4 is 43.5 Å². The molecule has 12 aromatic heterocycles. The van der Waals surface area contributed by atoms with E-state index in [1.807, 2.05) is 259 Å². The van der Waals surface area contributed by atoms with Gasteiger partial charge < -0.3 is 26.4 Å². The Bertz CT molecular complexity index is 9110. The van der Waals surface area contributed by atoms with Gasteiger partial charge in [-0.25, -0.2) is 29.0 Å². The Balaban J connectivity index is 0.000000139. The molecule has 4 atom stereocenters. The van der Waals surface area contributed by atoms with E-state index in [2.05, 4.69) is 67.4 Å². The molecule has 746 valence electrons. The molecule has 0 aliphatic carbocycles. The summed E-state index contributed by atoms with van der Waals surface area (Å²) in [5.41, 5.74) is 13.2. The van der Waals surface area contributed by atoms with Gasteiger partial charge in [0.1, 0.15) is 34.0 Å². The highest BCUT2D eigenvalue weighted by atomic mass is 35.5. The summed E-state index contributed by atoms with van der Waals surface area (Å²) in [4.78, 5) is 139. The Hall–Kier alpha value is -17.5. The summed E-state index contributed by atoms with van der Waals surface area (Å²) in [5.74, 6) is -1.44. The summed E-state index contributed by atoms with van der Waals surface area (Å²) in [5, 5.41) is 40.3. The Morgan fingerprint density at radius 3 is 1.19 bits per heavy atom. The Morgan fingerprint density at radius 2 is 0.745 bits per heavy atom. The molecule has 0 fully saturated rings. The zero-order chi connectivity index (χ0) is 106. The summed E-state index contributed by atoms with van der Waals surface area (Å²) < 4.78 is 42.7. The standard InChI is InChI=1S/C32H26ClN5O2.C27H22ClN5O2S.C27H21ClN4O2.C25H21N5O3.2O2S/c1-19-9-7-10-22(17-19)26-15-16-37-30(35-26)28(21(3)36-37)31(39)34-20(2)27-18-23-11-8-14-25(33)29(23)32(40)38(27)24-12-5-4-6-13-24;1-15(30-26(34)25-16(2)29-13-21(32-25)22-14-36-17(3)31-22)23-12-18-8-7-11-20(28)24(18)27(35)33(23)19-9-5-4-6-10-19;1-16(31-26(33)23-17(2)30-15-19-9-7-13-29-25(19)23)22-14-18-8-6-12-21(28)24(18)27(34)32(22)20-10-4-3-5-11-20;1-15(27-24(32)21-16(2)28-29-13-7-12-26-23(21)29)19-14-17-8-6-11-20(31)22(17)25(33)30(19)18-9-4-3-5-10-18;2*1-3-2/h4-18,20H,1-3H3,(H,34,39);4-15H,1-3H3,(H,30,34);3-16H,1-2H3,(H,31,33);3-15,31H,1-2H3,(H,27,32);;/t20-;15-;16-;15-;;/m0000../s1. The number of aromatic nitrogens is 15. The summed E-state index contributed by atoms with van der Waals surface area (Å²) in [7, 11) is 0. The molecule has 0 bridgehead atoms. The number of fused-ring (bicyclic) bond motifs is 7. The second kappa shape index (κ2) is 46.3. The largest absolute Gasteiger partial charge is 0.507 e. The van der Waals surface area contributed by atoms with E-state index in [-0.39, 0.29) is 62.7 Å². The normalized spacial score (nSPS) is 11.8. The highest BCUT2D eigenvalue weighted by molar-refractivity contribution is 7.52. The molecule has 21 aromatic rings. The molecular formula is C111H90Cl3N19O13S3. The molecule has 0 unspecified atom stereocenters. The summed E-state index contributed by atoms with van der Waals surface area (Å²) >= 11 is 19.2. The maximum Gasteiger partial charge on any atom is 0.335 e. The van der Waals surface area contributed by atoms with E-state index in [0.717, 1.165) is 27.2 Å². The highest BCUT2D eigenvalue weighted by Crippen LogP contribution is 2.35. The quantitative estimate of drug-likeness (QED) is 0.0532. The third-order valence-electron chi connectivity index (χ3n) is 24.5. The van der Waals surface area contributed by atoms with Gasteiger partial charge in [-0.05, 0) is 218 Å². The molecule has 9 aromatic carbocycles. The second-order valence-corrected chi connectivity index (χ2v) is 36.9. The number of rotatable bonds is 18. The zero-order valence-electron chi connectivity index (χ0n) is 81.2. The molecule has 0 saturated heterocycles. The number of nitrogens with zero attached hydrogens (tertiary/aromatic N) is 15. The van der Waals surface area contributed by atoms with Crippen LogP contribution in [0.4, 0.5) is 0 Å². The number of amides is 4. The third-order valence-corrected chi connectivity index (χ3v) is 26.2. The van der Waals surface area contributed by atoms with Gasteiger partial charge >= 0.3 is 23.1 Å². The van der Waals surface area contributed by atoms with Crippen LogP contribution in [0.5, 0.6) is 5.75 Å². The lowest BCUT2D eigenvalue weighted by Gasteiger charge is -2.21. The van der Waals surface area contributed by atoms with Crippen molar-refractivity contribution in [1.82, 2.24) is 93.7 Å². The highest BCUT2D eigenvalue weighted by Gasteiger charge is 2.30. The summed E-state index contributed by atoms with van der Waals surface area (Å²) in [6.07, 6.45) is 10.1. The van der Waals surface area contributed by atoms with Crippen molar-refractivity contribution in [3.63, 3.8) is 0 Å². The number of benzene rings is 9. The van der Waals surface area contributed by atoms with Gasteiger partial charge in [0.25, 0.3) is 45.9 Å². The van der Waals surface area contributed by atoms with Crippen LogP contribution in [0.3, 0.4) is 0 Å². The Kier molecular flexibility index (Phi) is 32.4. The van der Waals surface area contributed by atoms with Crippen LogP contribution in [0.2, 0.25) is 15.1 Å². The van der Waals surface area contributed by atoms with Crippen LogP contribution in [0.1, 0.15) is 150 Å². The lowest BCUT2D eigenvalue weighted by molar-refractivity contribution is 0.0925. The molecule has 12 heterocycles. The van der Waals surface area contributed by atoms with Crippen molar-refractivity contribution in [3.8, 4) is 51.1 Å². The molecule has 0 aliphatic rings. The molecule has 0 aliphatic heterocycles. The molecule has 5 N–H and O–H groups in total. The lowest BCUT2D eigenvalue weighted by Crippen LogP contribution is -2.33. The smallest absolute Gasteiger partial charge is 0.335 e. The fraction of sp³-hybridized carbons (Fsp3) is 0.126. The van der Waals surface area contributed by atoms with Gasteiger partial charge in [0.2, 0.25) is 0 Å². The van der Waals surface area contributed by atoms with Gasteiger partial charge in [-0.1, -0.05) is 180 Å². The summed E-state index contributed by atoms with van der Waals surface area (Å²) in [6.45, 7) is 18.4. The number of para-hydroxylation sites is 4. The number of aryl methyl sites for hydroxylation is 6. The minimum atomic E-state index is -0.750. The fourth-order valence-corrected chi connectivity index (χ4v) is 19.0. The first-order valence-electron chi connectivity index (χ1n) is 46.3. The van der Waals surface area contributed by atoms with Crippen molar-refractivity contribution in [2.75, 3.05) is 0 Å². The lowest BCUT2D eigenvalue weighted by atomic mass is 10.1. The van der Waals surface area contributed by atoms with Gasteiger partial charge in [-0.2, -0.15) is 27.0 Å². The van der Waals surface area contributed by atoms with Crippen LogP contribution in [0, 0.1) is 41.5 Å². The number of carbonyl (C=O) groups is 4. The number of pyridine rings is 6. The van der Waals surface area contributed by atoms with Gasteiger partial charge in [0.05, 0.1) is 112 Å². The van der Waals surface area contributed by atoms with Crippen LogP contribution in [0.25, 0.3) is 111 Å². The van der Waals surface area contributed by atoms with E-state index < -0.39 is 47.3 Å². The number of carbonyl (C=O) groups excluding carboxylic acids is 4. The number of aromatic hydroxyl groups is 1. The first-order valence-corrected chi connectivity index (χ1v) is 49.6. The van der Waals surface area contributed by atoms with Crippen molar-refractivity contribution in [2.24, 2.45) is 0 Å². The van der Waals surface area contributed by atoms with Crippen LogP contribution in [0.15, 0.2) is 329 Å². The predicted molar refractivity (Wildman–Crippen MR) is 579 cm³/mol. The minimum absolute atomic E-state index is 0.0847. The number of hydrogen-bond donors (Lipinski definition) is 5. The zero-order valence-corrected chi connectivity index (χ0v) is 85.9.